The molecule has 0 amide bonds. The fraction of sp³-hybridized carbons (Fsp3) is 0. The zero-order chi connectivity index (χ0) is 14.4. The Kier molecular flexibility index (Phi) is 2.59. The fourth-order valence-corrected chi connectivity index (χ4v) is 3.35. The zero-order valence-corrected chi connectivity index (χ0v) is 11.7. The van der Waals surface area contributed by atoms with E-state index in [1.165, 1.54) is 11.3 Å². The van der Waals surface area contributed by atoms with Crippen molar-refractivity contribution in [3.05, 3.63) is 76.3 Å². The topological polar surface area (TPSA) is 47.0 Å². The Morgan fingerprint density at radius 3 is 2.14 bits per heavy atom. The lowest BCUT2D eigenvalue weighted by molar-refractivity contribution is 0.0979. The molecule has 1 aliphatic rings. The minimum absolute atomic E-state index is 0.0985. The van der Waals surface area contributed by atoms with Crippen molar-refractivity contribution in [2.45, 2.75) is 0 Å². The lowest BCUT2D eigenvalue weighted by Crippen LogP contribution is -2.21. The summed E-state index contributed by atoms with van der Waals surface area (Å²) in [6.45, 7) is 0. The van der Waals surface area contributed by atoms with Crippen LogP contribution in [0, 0.1) is 0 Å². The van der Waals surface area contributed by atoms with Crippen LogP contribution >= 0.6 is 11.3 Å². The van der Waals surface area contributed by atoms with Crippen molar-refractivity contribution in [3.63, 3.8) is 0 Å². The maximum Gasteiger partial charge on any atom is 0.195 e. The van der Waals surface area contributed by atoms with Gasteiger partial charge in [-0.05, 0) is 0 Å². The molecule has 2 aromatic carbocycles. The summed E-state index contributed by atoms with van der Waals surface area (Å²) in [5.41, 5.74) is 2.61. The van der Waals surface area contributed by atoms with E-state index in [0.717, 1.165) is 10.6 Å². The van der Waals surface area contributed by atoms with Gasteiger partial charge in [-0.15, -0.1) is 11.3 Å². The predicted octanol–water partition coefficient (Wildman–Crippen LogP) is 3.59. The van der Waals surface area contributed by atoms with Gasteiger partial charge in [-0.25, -0.2) is 4.98 Å². The van der Waals surface area contributed by atoms with E-state index in [4.69, 9.17) is 0 Å². The van der Waals surface area contributed by atoms with E-state index in [-0.39, 0.29) is 11.6 Å². The van der Waals surface area contributed by atoms with Gasteiger partial charge in [0.2, 0.25) is 0 Å². The van der Waals surface area contributed by atoms with Gasteiger partial charge in [0.25, 0.3) is 0 Å². The monoisotopic (exact) mass is 291 g/mol. The number of ketones is 2. The molecule has 0 atom stereocenters. The Bertz CT molecular complexity index is 882. The highest BCUT2D eigenvalue weighted by atomic mass is 32.1. The Morgan fingerprint density at radius 2 is 1.43 bits per heavy atom. The van der Waals surface area contributed by atoms with Crippen LogP contribution in [0.4, 0.5) is 0 Å². The highest BCUT2D eigenvalue weighted by Crippen LogP contribution is 2.34. The third-order valence-corrected chi connectivity index (χ3v) is 4.42. The Balaban J connectivity index is 2.04. The van der Waals surface area contributed by atoms with E-state index in [1.807, 2.05) is 11.4 Å². The average Bonchev–Trinajstić information content (AvgIpc) is 3.06. The second kappa shape index (κ2) is 4.46. The Morgan fingerprint density at radius 1 is 0.762 bits per heavy atom. The second-order valence-corrected chi connectivity index (χ2v) is 5.66. The average molecular weight is 291 g/mol. The molecule has 1 aliphatic carbocycles. The molecular weight excluding hydrogens is 282 g/mol. The molecule has 0 spiro atoms. The first-order valence-electron chi connectivity index (χ1n) is 6.48. The van der Waals surface area contributed by atoms with Crippen LogP contribution in [0.25, 0.3) is 10.6 Å². The quantitative estimate of drug-likeness (QED) is 0.538. The van der Waals surface area contributed by atoms with Gasteiger partial charge in [0.05, 0.1) is 0 Å². The number of thiazole rings is 1. The van der Waals surface area contributed by atoms with Gasteiger partial charge < -0.3 is 0 Å². The van der Waals surface area contributed by atoms with E-state index >= 15 is 0 Å². The number of rotatable bonds is 1. The SMILES string of the molecule is O=C1c2ccccc2C(=O)c2c1cccc2-c1nccs1. The number of benzene rings is 2. The molecule has 0 saturated heterocycles. The predicted molar refractivity (Wildman–Crippen MR) is 80.9 cm³/mol. The first-order chi connectivity index (χ1) is 10.3. The lowest BCUT2D eigenvalue weighted by atomic mass is 9.82. The molecule has 100 valence electrons. The van der Waals surface area contributed by atoms with Gasteiger partial charge in [0.15, 0.2) is 11.6 Å². The van der Waals surface area contributed by atoms with Crippen molar-refractivity contribution in [3.8, 4) is 10.6 Å². The molecule has 4 rings (SSSR count). The minimum Gasteiger partial charge on any atom is -0.289 e. The smallest absolute Gasteiger partial charge is 0.195 e. The number of fused-ring (bicyclic) bond motifs is 2. The van der Waals surface area contributed by atoms with E-state index in [2.05, 4.69) is 4.98 Å². The molecule has 1 heterocycles. The fourth-order valence-electron chi connectivity index (χ4n) is 2.68. The van der Waals surface area contributed by atoms with Gasteiger partial charge >= 0.3 is 0 Å². The Hall–Kier alpha value is -2.59. The maximum atomic E-state index is 12.8. The van der Waals surface area contributed by atoms with Crippen molar-refractivity contribution in [1.82, 2.24) is 4.98 Å². The van der Waals surface area contributed by atoms with Crippen LogP contribution in [0.2, 0.25) is 0 Å². The molecule has 3 aromatic rings. The van der Waals surface area contributed by atoms with Crippen molar-refractivity contribution >= 4 is 22.9 Å². The van der Waals surface area contributed by atoms with Gasteiger partial charge in [-0.3, -0.25) is 9.59 Å². The summed E-state index contributed by atoms with van der Waals surface area (Å²) in [4.78, 5) is 29.7. The molecule has 21 heavy (non-hydrogen) atoms. The largest absolute Gasteiger partial charge is 0.289 e. The number of aromatic nitrogens is 1. The molecule has 0 saturated carbocycles. The Labute approximate surface area is 124 Å². The van der Waals surface area contributed by atoms with E-state index in [9.17, 15) is 9.59 Å². The van der Waals surface area contributed by atoms with Crippen molar-refractivity contribution < 1.29 is 9.59 Å². The van der Waals surface area contributed by atoms with Gasteiger partial charge in [-0.2, -0.15) is 0 Å². The van der Waals surface area contributed by atoms with Crippen LogP contribution in [0.3, 0.4) is 0 Å². The van der Waals surface area contributed by atoms with E-state index < -0.39 is 0 Å². The molecule has 0 N–H and O–H groups in total. The highest BCUT2D eigenvalue weighted by molar-refractivity contribution is 7.13. The van der Waals surface area contributed by atoms with Crippen LogP contribution in [0.5, 0.6) is 0 Å². The summed E-state index contributed by atoms with van der Waals surface area (Å²) in [5.74, 6) is -0.204. The number of carbonyl (C=O) groups excluding carboxylic acids is 2. The van der Waals surface area contributed by atoms with Gasteiger partial charge in [0, 0.05) is 39.4 Å². The molecule has 0 radical (unpaired) electrons. The van der Waals surface area contributed by atoms with Crippen molar-refractivity contribution in [2.24, 2.45) is 0 Å². The molecule has 0 unspecified atom stereocenters. The van der Waals surface area contributed by atoms with Crippen LogP contribution in [0.15, 0.2) is 54.0 Å². The molecule has 0 aliphatic heterocycles. The molecule has 3 nitrogen and oxygen atoms in total. The van der Waals surface area contributed by atoms with Crippen molar-refractivity contribution in [1.29, 1.82) is 0 Å². The minimum atomic E-state index is -0.106. The normalized spacial score (nSPS) is 13.0. The van der Waals surface area contributed by atoms with Gasteiger partial charge in [-0.1, -0.05) is 42.5 Å². The van der Waals surface area contributed by atoms with Crippen LogP contribution in [-0.2, 0) is 0 Å². The van der Waals surface area contributed by atoms with E-state index in [1.54, 1.807) is 42.6 Å². The van der Waals surface area contributed by atoms with Gasteiger partial charge in [0.1, 0.15) is 5.01 Å². The van der Waals surface area contributed by atoms with Crippen LogP contribution in [-0.4, -0.2) is 16.6 Å². The van der Waals surface area contributed by atoms with Crippen LogP contribution in [0.1, 0.15) is 31.8 Å². The maximum absolute atomic E-state index is 12.8. The molecule has 0 bridgehead atoms. The number of carbonyl (C=O) groups is 2. The lowest BCUT2D eigenvalue weighted by Gasteiger charge is -2.19. The number of nitrogens with zero attached hydrogens (tertiary/aromatic N) is 1. The molecule has 0 fully saturated rings. The third kappa shape index (κ3) is 1.69. The number of hydrogen-bond acceptors (Lipinski definition) is 4. The standard InChI is InChI=1S/C17H9NO2S/c19-15-10-4-1-2-5-11(10)16(20)14-12(15)6-3-7-13(14)17-18-8-9-21-17/h1-9H. The number of hydrogen-bond donors (Lipinski definition) is 0. The molecular formula is C17H9NO2S. The summed E-state index contributed by atoms with van der Waals surface area (Å²) in [5, 5.41) is 2.62. The first-order valence-corrected chi connectivity index (χ1v) is 7.36. The van der Waals surface area contributed by atoms with Crippen molar-refractivity contribution in [2.75, 3.05) is 0 Å². The molecule has 4 heteroatoms. The zero-order valence-electron chi connectivity index (χ0n) is 10.9. The second-order valence-electron chi connectivity index (χ2n) is 4.77. The third-order valence-electron chi connectivity index (χ3n) is 3.62. The first kappa shape index (κ1) is 12.2. The summed E-state index contributed by atoms with van der Waals surface area (Å²) in [6.07, 6.45) is 1.70. The molecule has 1 aromatic heterocycles. The summed E-state index contributed by atoms with van der Waals surface area (Å²) >= 11 is 1.46. The summed E-state index contributed by atoms with van der Waals surface area (Å²) in [7, 11) is 0. The highest BCUT2D eigenvalue weighted by Gasteiger charge is 2.31. The summed E-state index contributed by atoms with van der Waals surface area (Å²) in [6, 6.07) is 12.3. The van der Waals surface area contributed by atoms with E-state index in [0.29, 0.717) is 22.3 Å². The van der Waals surface area contributed by atoms with Crippen LogP contribution < -0.4 is 0 Å². The summed E-state index contributed by atoms with van der Waals surface area (Å²) < 4.78 is 0.